The molecule has 2 amide bonds. The number of carbonyl (C=O) groups excluding carboxylic acids is 1. The van der Waals surface area contributed by atoms with Gasteiger partial charge in [-0.25, -0.2) is 4.79 Å². The average molecular weight is 327 g/mol. The first-order valence-corrected chi connectivity index (χ1v) is 8.11. The van der Waals surface area contributed by atoms with Crippen molar-refractivity contribution in [3.8, 4) is 0 Å². The summed E-state index contributed by atoms with van der Waals surface area (Å²) in [6, 6.07) is 13.3. The minimum absolute atomic E-state index is 0.176. The van der Waals surface area contributed by atoms with Gasteiger partial charge in [-0.2, -0.15) is 0 Å². The molecule has 1 aromatic carbocycles. The summed E-state index contributed by atoms with van der Waals surface area (Å²) >= 11 is 1.54. The normalized spacial score (nSPS) is 12.0. The number of urea groups is 1. The second-order valence-electron chi connectivity index (χ2n) is 5.12. The van der Waals surface area contributed by atoms with Crippen LogP contribution in [0.25, 0.3) is 10.1 Å². The van der Waals surface area contributed by atoms with E-state index >= 15 is 0 Å². The number of hydrogen-bond donors (Lipinski definition) is 3. The molecule has 0 saturated carbocycles. The number of hydrogen-bond acceptors (Lipinski definition) is 4. The third-order valence-corrected chi connectivity index (χ3v) is 4.65. The predicted molar refractivity (Wildman–Crippen MR) is 91.3 cm³/mol. The third kappa shape index (κ3) is 4.06. The van der Waals surface area contributed by atoms with E-state index in [4.69, 9.17) is 0 Å². The van der Waals surface area contributed by atoms with E-state index in [0.717, 1.165) is 20.5 Å². The predicted octanol–water partition coefficient (Wildman–Crippen LogP) is 2.83. The number of benzene rings is 1. The minimum Gasteiger partial charge on any atom is -0.386 e. The van der Waals surface area contributed by atoms with Crippen LogP contribution in [0.2, 0.25) is 0 Å². The van der Waals surface area contributed by atoms with Crippen molar-refractivity contribution in [2.75, 3.05) is 6.54 Å². The molecule has 2 heterocycles. The maximum atomic E-state index is 11.8. The molecule has 0 radical (unpaired) electrons. The van der Waals surface area contributed by atoms with Crippen LogP contribution < -0.4 is 10.6 Å². The number of nitrogens with zero attached hydrogens (tertiary/aromatic N) is 1. The highest BCUT2D eigenvalue weighted by molar-refractivity contribution is 7.19. The Hall–Kier alpha value is -2.44. The highest BCUT2D eigenvalue weighted by Gasteiger charge is 2.12. The van der Waals surface area contributed by atoms with Gasteiger partial charge in [-0.05, 0) is 35.2 Å². The molecule has 5 nitrogen and oxygen atoms in total. The van der Waals surface area contributed by atoms with Gasteiger partial charge < -0.3 is 15.7 Å². The summed E-state index contributed by atoms with van der Waals surface area (Å²) in [4.78, 5) is 16.5. The van der Waals surface area contributed by atoms with E-state index in [2.05, 4.69) is 15.6 Å². The quantitative estimate of drug-likeness (QED) is 0.674. The summed E-state index contributed by atoms with van der Waals surface area (Å²) in [5, 5.41) is 16.8. The van der Waals surface area contributed by atoms with Crippen molar-refractivity contribution in [3.63, 3.8) is 0 Å². The fourth-order valence-corrected chi connectivity index (χ4v) is 3.25. The van der Waals surface area contributed by atoms with Crippen LogP contribution in [0.5, 0.6) is 0 Å². The van der Waals surface area contributed by atoms with E-state index in [9.17, 15) is 9.90 Å². The number of thiophene rings is 1. The van der Waals surface area contributed by atoms with Crippen molar-refractivity contribution >= 4 is 27.5 Å². The van der Waals surface area contributed by atoms with Crippen LogP contribution in [-0.4, -0.2) is 22.7 Å². The Bertz CT molecular complexity index is 756. The monoisotopic (exact) mass is 327 g/mol. The number of aliphatic hydroxyl groups is 1. The molecule has 0 aliphatic carbocycles. The Morgan fingerprint density at radius 3 is 2.74 bits per heavy atom. The molecule has 0 fully saturated rings. The number of aliphatic hydroxyl groups excluding tert-OH is 1. The number of nitrogens with one attached hydrogen (secondary N) is 2. The van der Waals surface area contributed by atoms with E-state index < -0.39 is 6.10 Å². The Labute approximate surface area is 138 Å². The van der Waals surface area contributed by atoms with E-state index in [1.165, 1.54) is 11.3 Å². The molecule has 23 heavy (non-hydrogen) atoms. The molecule has 0 aliphatic heterocycles. The van der Waals surface area contributed by atoms with Crippen LogP contribution in [0.15, 0.2) is 54.9 Å². The Morgan fingerprint density at radius 1 is 1.17 bits per heavy atom. The lowest BCUT2D eigenvalue weighted by atomic mass is 10.2. The van der Waals surface area contributed by atoms with Crippen LogP contribution in [0.1, 0.15) is 16.5 Å². The molecule has 3 aromatic rings. The Morgan fingerprint density at radius 2 is 1.96 bits per heavy atom. The first-order valence-electron chi connectivity index (χ1n) is 7.29. The van der Waals surface area contributed by atoms with Crippen molar-refractivity contribution in [1.29, 1.82) is 0 Å². The molecule has 3 N–H and O–H groups in total. The van der Waals surface area contributed by atoms with Gasteiger partial charge in [-0.15, -0.1) is 11.3 Å². The summed E-state index contributed by atoms with van der Waals surface area (Å²) in [6.45, 7) is 0.600. The zero-order valence-electron chi connectivity index (χ0n) is 12.4. The van der Waals surface area contributed by atoms with Gasteiger partial charge in [0.05, 0.1) is 6.54 Å². The number of carbonyl (C=O) groups is 1. The molecule has 0 bridgehead atoms. The average Bonchev–Trinajstić information content (AvgIpc) is 3.03. The molecule has 118 valence electrons. The minimum atomic E-state index is -0.709. The van der Waals surface area contributed by atoms with Gasteiger partial charge in [0.15, 0.2) is 0 Å². The van der Waals surface area contributed by atoms with Crippen LogP contribution in [0, 0.1) is 0 Å². The summed E-state index contributed by atoms with van der Waals surface area (Å²) < 4.78 is 1.13. The fourth-order valence-electron chi connectivity index (χ4n) is 2.20. The maximum absolute atomic E-state index is 11.8. The summed E-state index contributed by atoms with van der Waals surface area (Å²) in [6.07, 6.45) is 2.65. The lowest BCUT2D eigenvalue weighted by Crippen LogP contribution is -2.37. The molecule has 6 heteroatoms. The second-order valence-corrected chi connectivity index (χ2v) is 6.24. The highest BCUT2D eigenvalue weighted by Crippen LogP contribution is 2.29. The van der Waals surface area contributed by atoms with Gasteiger partial charge in [0, 0.05) is 28.5 Å². The fraction of sp³-hybridized carbons (Fsp3) is 0.176. The summed E-state index contributed by atoms with van der Waals surface area (Å²) in [5.41, 5.74) is 0.972. The third-order valence-electron chi connectivity index (χ3n) is 3.43. The van der Waals surface area contributed by atoms with Crippen molar-refractivity contribution in [2.45, 2.75) is 12.6 Å². The van der Waals surface area contributed by atoms with Crippen molar-refractivity contribution in [1.82, 2.24) is 15.6 Å². The number of rotatable bonds is 5. The van der Waals surface area contributed by atoms with E-state index in [1.54, 1.807) is 12.4 Å². The lowest BCUT2D eigenvalue weighted by molar-refractivity contribution is 0.176. The summed E-state index contributed by atoms with van der Waals surface area (Å²) in [7, 11) is 0. The molecular formula is C17H17N3O2S. The molecule has 1 unspecified atom stereocenters. The molecule has 2 aromatic heterocycles. The molecule has 0 spiro atoms. The standard InChI is InChI=1S/C17H17N3O2S/c21-14(16-9-13-3-1-2-4-15(13)23-16)11-20-17(22)19-10-12-5-7-18-8-6-12/h1-9,14,21H,10-11H2,(H2,19,20,22). The Balaban J connectivity index is 1.50. The molecule has 0 aliphatic rings. The van der Waals surface area contributed by atoms with Gasteiger partial charge in [-0.3, -0.25) is 4.98 Å². The summed E-state index contributed by atoms with van der Waals surface area (Å²) in [5.74, 6) is 0. The molecule has 1 atom stereocenters. The Kier molecular flexibility index (Phi) is 4.85. The smallest absolute Gasteiger partial charge is 0.315 e. The van der Waals surface area contributed by atoms with Gasteiger partial charge in [0.25, 0.3) is 0 Å². The van der Waals surface area contributed by atoms with Crippen molar-refractivity contribution < 1.29 is 9.90 Å². The zero-order valence-corrected chi connectivity index (χ0v) is 13.2. The number of aromatic nitrogens is 1. The molecule has 0 saturated heterocycles. The molecule has 3 rings (SSSR count). The van der Waals surface area contributed by atoms with Crippen molar-refractivity contribution in [3.05, 3.63) is 65.3 Å². The van der Waals surface area contributed by atoms with Gasteiger partial charge >= 0.3 is 6.03 Å². The molecular weight excluding hydrogens is 310 g/mol. The number of amides is 2. The topological polar surface area (TPSA) is 74.2 Å². The SMILES string of the molecule is O=C(NCc1ccncc1)NCC(O)c1cc2ccccc2s1. The largest absolute Gasteiger partial charge is 0.386 e. The van der Waals surface area contributed by atoms with Gasteiger partial charge in [0.1, 0.15) is 6.10 Å². The van der Waals surface area contributed by atoms with Crippen LogP contribution in [-0.2, 0) is 6.54 Å². The lowest BCUT2D eigenvalue weighted by Gasteiger charge is -2.11. The first-order chi connectivity index (χ1) is 11.2. The van der Waals surface area contributed by atoms with Crippen LogP contribution >= 0.6 is 11.3 Å². The van der Waals surface area contributed by atoms with Gasteiger partial charge in [0.2, 0.25) is 0 Å². The zero-order chi connectivity index (χ0) is 16.1. The van der Waals surface area contributed by atoms with E-state index in [0.29, 0.717) is 6.54 Å². The maximum Gasteiger partial charge on any atom is 0.315 e. The van der Waals surface area contributed by atoms with Crippen LogP contribution in [0.4, 0.5) is 4.79 Å². The first kappa shape index (κ1) is 15.5. The number of fused-ring (bicyclic) bond motifs is 1. The van der Waals surface area contributed by atoms with E-state index in [1.807, 2.05) is 42.5 Å². The highest BCUT2D eigenvalue weighted by atomic mass is 32.1. The van der Waals surface area contributed by atoms with Crippen LogP contribution in [0.3, 0.4) is 0 Å². The number of pyridine rings is 1. The van der Waals surface area contributed by atoms with E-state index in [-0.39, 0.29) is 12.6 Å². The second kappa shape index (κ2) is 7.21. The van der Waals surface area contributed by atoms with Gasteiger partial charge in [-0.1, -0.05) is 18.2 Å². The van der Waals surface area contributed by atoms with Crippen molar-refractivity contribution in [2.24, 2.45) is 0 Å².